The second-order valence-corrected chi connectivity index (χ2v) is 18.3. The van der Waals surface area contributed by atoms with E-state index in [-0.39, 0.29) is 70.4 Å². The van der Waals surface area contributed by atoms with Crippen LogP contribution < -0.4 is 20.7 Å². The topological polar surface area (TPSA) is 210 Å². The molecule has 1 aliphatic rings. The van der Waals surface area contributed by atoms with Crippen LogP contribution in [0, 0.1) is 23.7 Å². The molecule has 0 radical (unpaired) electrons. The number of thiazole rings is 1. The molecule has 1 saturated heterocycles. The van der Waals surface area contributed by atoms with Gasteiger partial charge in [0.2, 0.25) is 17.7 Å². The average Bonchev–Trinajstić information content (AvgIpc) is 4.05. The van der Waals surface area contributed by atoms with Crippen LogP contribution >= 0.6 is 22.9 Å². The highest BCUT2D eigenvalue weighted by Crippen LogP contribution is 2.29. The summed E-state index contributed by atoms with van der Waals surface area (Å²) in [6.45, 7) is 10.4. The van der Waals surface area contributed by atoms with Gasteiger partial charge in [-0.25, -0.2) is 4.98 Å². The number of aromatic nitrogens is 3. The van der Waals surface area contributed by atoms with Crippen molar-refractivity contribution in [3.05, 3.63) is 112 Å². The summed E-state index contributed by atoms with van der Waals surface area (Å²) in [6.07, 6.45) is 1.02. The molecule has 2 unspecified atom stereocenters. The molecule has 4 N–H and O–H groups in total. The van der Waals surface area contributed by atoms with E-state index < -0.39 is 35.4 Å². The molecule has 3 heterocycles. The molecule has 1 fully saturated rings. The molecule has 66 heavy (non-hydrogen) atoms. The smallest absolute Gasteiger partial charge is 0.251 e. The Labute approximate surface area is 393 Å². The van der Waals surface area contributed by atoms with E-state index >= 15 is 0 Å². The first-order chi connectivity index (χ1) is 31.6. The highest BCUT2D eigenvalue weighted by atomic mass is 35.5. The van der Waals surface area contributed by atoms with E-state index in [0.29, 0.717) is 34.1 Å². The number of carbonyl (C=O) groups excluding carboxylic acids is 4. The molecule has 2 aromatic heterocycles. The van der Waals surface area contributed by atoms with Gasteiger partial charge in [0.25, 0.3) is 5.91 Å². The minimum absolute atomic E-state index is 0.0293. The number of ether oxygens (including phenoxy) is 3. The first kappa shape index (κ1) is 49.3. The third-order valence-electron chi connectivity index (χ3n) is 10.8. The van der Waals surface area contributed by atoms with Crippen molar-refractivity contribution in [3.63, 3.8) is 0 Å². The van der Waals surface area contributed by atoms with Crippen molar-refractivity contribution in [3.8, 4) is 33.5 Å². The monoisotopic (exact) mass is 938 g/mol. The number of benzene rings is 3. The molecule has 0 aliphatic carbocycles. The maximum Gasteiger partial charge on any atom is 0.251 e. The fourth-order valence-corrected chi connectivity index (χ4v) is 8.34. The zero-order chi connectivity index (χ0) is 47.4. The Bertz CT molecular complexity index is 2500. The SMILES string of the molecule is Cc1ncsc1-c1ccc(CNC(=O)[C@@H]2C[C@@H](O)CN2C(=O)C(NC(=O)COCCOCCOc2ccc(C(=O)NC(C)Cn3ccc(-c4ccc(C#N)c(Cl)c4)n3)cc2)C(C)(C)C)cc1. The number of β-amino-alcohol motifs (C(OH)–C–C–N with tert-alkyl or cyclic N) is 1. The number of aryl methyl sites for hydroxylation is 1. The van der Waals surface area contributed by atoms with Gasteiger partial charge in [0.05, 0.1) is 64.8 Å². The average molecular weight is 940 g/mol. The molecule has 0 bridgehead atoms. The molecular formula is C48H55ClN8O8S. The van der Waals surface area contributed by atoms with E-state index in [0.717, 1.165) is 27.3 Å². The van der Waals surface area contributed by atoms with Gasteiger partial charge < -0.3 is 40.2 Å². The summed E-state index contributed by atoms with van der Waals surface area (Å²) in [7, 11) is 0. The predicted molar refractivity (Wildman–Crippen MR) is 250 cm³/mol. The molecule has 16 nitrogen and oxygen atoms in total. The zero-order valence-corrected chi connectivity index (χ0v) is 39.2. The summed E-state index contributed by atoms with van der Waals surface area (Å²) in [6, 6.07) is 21.5. The summed E-state index contributed by atoms with van der Waals surface area (Å²) >= 11 is 7.74. The Morgan fingerprint density at radius 2 is 1.68 bits per heavy atom. The fourth-order valence-electron chi connectivity index (χ4n) is 7.30. The number of nitriles is 1. The van der Waals surface area contributed by atoms with E-state index in [4.69, 9.17) is 31.1 Å². The lowest BCUT2D eigenvalue weighted by atomic mass is 9.85. The number of nitrogens with one attached hydrogen (secondary N) is 3. The van der Waals surface area contributed by atoms with Crippen molar-refractivity contribution in [1.29, 1.82) is 5.26 Å². The lowest BCUT2D eigenvalue weighted by Crippen LogP contribution is -2.58. The van der Waals surface area contributed by atoms with Crippen molar-refractivity contribution in [1.82, 2.24) is 35.6 Å². The highest BCUT2D eigenvalue weighted by molar-refractivity contribution is 7.13. The first-order valence-corrected chi connectivity index (χ1v) is 22.8. The third kappa shape index (κ3) is 13.5. The van der Waals surface area contributed by atoms with Gasteiger partial charge in [0.1, 0.15) is 37.1 Å². The fraction of sp³-hybridized carbons (Fsp3) is 0.396. The largest absolute Gasteiger partial charge is 0.491 e. The highest BCUT2D eigenvalue weighted by Gasteiger charge is 2.44. The van der Waals surface area contributed by atoms with Crippen LogP contribution in [-0.2, 0) is 36.9 Å². The van der Waals surface area contributed by atoms with Crippen molar-refractivity contribution in [2.45, 2.75) is 78.4 Å². The number of likely N-dealkylation sites (tertiary alicyclic amines) is 1. The van der Waals surface area contributed by atoms with Gasteiger partial charge >= 0.3 is 0 Å². The van der Waals surface area contributed by atoms with Gasteiger partial charge in [-0.1, -0.05) is 62.7 Å². The quantitative estimate of drug-likeness (QED) is 0.0712. The van der Waals surface area contributed by atoms with Crippen molar-refractivity contribution in [2.24, 2.45) is 5.41 Å². The molecule has 1 aliphatic heterocycles. The van der Waals surface area contributed by atoms with E-state index in [2.05, 4.69) is 26.0 Å². The number of nitrogens with zero attached hydrogens (tertiary/aromatic N) is 5. The number of aliphatic hydroxyl groups is 1. The Morgan fingerprint density at radius 3 is 2.36 bits per heavy atom. The van der Waals surface area contributed by atoms with Gasteiger partial charge in [-0.3, -0.25) is 23.9 Å². The molecule has 0 spiro atoms. The summed E-state index contributed by atoms with van der Waals surface area (Å²) in [4.78, 5) is 60.0. The zero-order valence-electron chi connectivity index (χ0n) is 37.6. The Kier molecular flexibility index (Phi) is 17.1. The molecule has 5 aromatic rings. The number of aliphatic hydroxyl groups excluding tert-OH is 1. The second-order valence-electron chi connectivity index (χ2n) is 17.1. The number of amides is 4. The molecule has 18 heteroatoms. The van der Waals surface area contributed by atoms with Crippen LogP contribution in [0.25, 0.3) is 21.7 Å². The number of rotatable bonds is 20. The summed E-state index contributed by atoms with van der Waals surface area (Å²) in [5, 5.41) is 33.3. The molecule has 4 amide bonds. The van der Waals surface area contributed by atoms with E-state index in [1.54, 1.807) is 64.0 Å². The Hall–Kier alpha value is -6.16. The van der Waals surface area contributed by atoms with Gasteiger partial charge in [0.15, 0.2) is 0 Å². The Morgan fingerprint density at radius 1 is 0.970 bits per heavy atom. The van der Waals surface area contributed by atoms with Crippen LogP contribution in [-0.4, -0.2) is 112 Å². The molecule has 3 aromatic carbocycles. The molecular weight excluding hydrogens is 884 g/mol. The summed E-state index contributed by atoms with van der Waals surface area (Å²) in [5.41, 5.74) is 6.33. The summed E-state index contributed by atoms with van der Waals surface area (Å²) < 4.78 is 18.6. The van der Waals surface area contributed by atoms with Gasteiger partial charge in [-0.15, -0.1) is 11.3 Å². The molecule has 0 saturated carbocycles. The lowest BCUT2D eigenvalue weighted by molar-refractivity contribution is -0.144. The summed E-state index contributed by atoms with van der Waals surface area (Å²) in [5.74, 6) is -1.03. The van der Waals surface area contributed by atoms with Crippen LogP contribution in [0.3, 0.4) is 0 Å². The van der Waals surface area contributed by atoms with Crippen molar-refractivity contribution >= 4 is 46.6 Å². The number of halogens is 1. The van der Waals surface area contributed by atoms with Gasteiger partial charge in [-0.2, -0.15) is 10.4 Å². The second kappa shape index (κ2) is 22.8. The number of hydrogen-bond donors (Lipinski definition) is 4. The first-order valence-electron chi connectivity index (χ1n) is 21.6. The van der Waals surface area contributed by atoms with Crippen LogP contribution in [0.1, 0.15) is 61.3 Å². The van der Waals surface area contributed by atoms with Crippen LogP contribution in [0.2, 0.25) is 5.02 Å². The maximum atomic E-state index is 13.9. The van der Waals surface area contributed by atoms with E-state index in [1.165, 1.54) is 4.90 Å². The lowest BCUT2D eigenvalue weighted by Gasteiger charge is -2.35. The minimum Gasteiger partial charge on any atom is -0.491 e. The third-order valence-corrected chi connectivity index (χ3v) is 12.1. The van der Waals surface area contributed by atoms with E-state index in [9.17, 15) is 24.3 Å². The molecule has 6 rings (SSSR count). The van der Waals surface area contributed by atoms with Gasteiger partial charge in [-0.05, 0) is 72.9 Å². The molecule has 4 atom stereocenters. The van der Waals surface area contributed by atoms with Crippen LogP contribution in [0.15, 0.2) is 84.5 Å². The van der Waals surface area contributed by atoms with Crippen molar-refractivity contribution in [2.75, 3.05) is 39.6 Å². The number of carbonyl (C=O) groups is 4. The van der Waals surface area contributed by atoms with Gasteiger partial charge in [0, 0.05) is 42.9 Å². The number of hydrogen-bond acceptors (Lipinski definition) is 12. The van der Waals surface area contributed by atoms with Crippen LogP contribution in [0.4, 0.5) is 0 Å². The van der Waals surface area contributed by atoms with E-state index in [1.807, 2.05) is 77.2 Å². The van der Waals surface area contributed by atoms with Crippen molar-refractivity contribution < 1.29 is 38.5 Å². The molecule has 348 valence electrons. The Balaban J connectivity index is 0.860. The van der Waals surface area contributed by atoms with Crippen LogP contribution in [0.5, 0.6) is 5.75 Å². The normalized spacial score (nSPS) is 15.7. The maximum absolute atomic E-state index is 13.9. The standard InChI is InChI=1S/C48H55ClN8O8S/c1-30(26-56-17-16-40(55-56)35-10-11-36(24-50)39(49)22-35)53-45(60)34-12-14-38(15-13-34)65-21-20-63-18-19-64-28-42(59)54-44(48(3,4)5)47(62)57-27-37(58)23-41(57)46(61)51-25-32-6-8-33(9-7-32)43-31(2)52-29-66-43/h6-17,22,29-30,37,41,44,58H,18-21,23,25-28H2,1-5H3,(H,51,61)(H,53,60)(H,54,59)/t30?,37-,41+,44?/m1/s1. The predicted octanol–water partition coefficient (Wildman–Crippen LogP) is 5.55. The minimum atomic E-state index is -0.984.